The van der Waals surface area contributed by atoms with Gasteiger partial charge in [-0.05, 0) is 44.2 Å². The van der Waals surface area contributed by atoms with E-state index in [1.165, 1.54) is 6.07 Å². The Kier molecular flexibility index (Phi) is 7.66. The lowest BCUT2D eigenvalue weighted by atomic mass is 10.00. The Labute approximate surface area is 236 Å². The molecule has 0 radical (unpaired) electrons. The Hall–Kier alpha value is -4.50. The topological polar surface area (TPSA) is 97.5 Å². The number of carbonyl (C=O) groups is 1. The lowest BCUT2D eigenvalue weighted by Crippen LogP contribution is -2.36. The second-order valence-electron chi connectivity index (χ2n) is 9.36. The summed E-state index contributed by atoms with van der Waals surface area (Å²) in [5, 5.41) is 0.965. The van der Waals surface area contributed by atoms with E-state index in [1.807, 2.05) is 26.0 Å². The standard InChI is InChI=1S/C30H28ClFN6O2/c1-4-18(2)38(20-8-12-37(13-9-20)19(3)39)29-24-15-23(26(32)16-28(24)36-17-27(29)33)22-7-6-21(14-25(22)31)40-30-34-10-5-11-35-30/h4-8,10-11,14-17H,9,12-13,33H2,1-3H3/b18-4+. The van der Waals surface area contributed by atoms with Crippen LogP contribution in [0.2, 0.25) is 5.02 Å². The minimum Gasteiger partial charge on any atom is -0.424 e. The zero-order valence-electron chi connectivity index (χ0n) is 22.4. The van der Waals surface area contributed by atoms with Gasteiger partial charge >= 0.3 is 6.01 Å². The third-order valence-electron chi connectivity index (χ3n) is 6.85. The fourth-order valence-electron chi connectivity index (χ4n) is 4.72. The number of hydrogen-bond acceptors (Lipinski definition) is 7. The van der Waals surface area contributed by atoms with Gasteiger partial charge < -0.3 is 20.3 Å². The molecule has 0 saturated carbocycles. The van der Waals surface area contributed by atoms with Gasteiger partial charge in [0.2, 0.25) is 5.91 Å². The minimum atomic E-state index is -0.471. The predicted octanol–water partition coefficient (Wildman–Crippen LogP) is 6.73. The Morgan fingerprint density at radius 1 is 1.15 bits per heavy atom. The summed E-state index contributed by atoms with van der Waals surface area (Å²) in [6, 6.07) is 9.96. The molecule has 1 aliphatic rings. The van der Waals surface area contributed by atoms with Gasteiger partial charge in [-0.25, -0.2) is 14.4 Å². The number of aromatic nitrogens is 3. The summed E-state index contributed by atoms with van der Waals surface area (Å²) in [5.74, 6) is -0.0179. The molecule has 2 N–H and O–H groups in total. The van der Waals surface area contributed by atoms with Gasteiger partial charge in [0.05, 0.1) is 28.1 Å². The lowest BCUT2D eigenvalue weighted by molar-refractivity contribution is -0.128. The first-order valence-electron chi connectivity index (χ1n) is 12.8. The molecule has 204 valence electrons. The van der Waals surface area contributed by atoms with E-state index in [4.69, 9.17) is 22.1 Å². The second-order valence-corrected chi connectivity index (χ2v) is 9.77. The fraction of sp³-hybridized carbons (Fsp3) is 0.200. The van der Waals surface area contributed by atoms with E-state index in [9.17, 15) is 4.79 Å². The number of ether oxygens (including phenoxy) is 1. The van der Waals surface area contributed by atoms with Crippen LogP contribution < -0.4 is 15.4 Å². The third-order valence-corrected chi connectivity index (χ3v) is 7.16. The summed E-state index contributed by atoms with van der Waals surface area (Å²) in [4.78, 5) is 28.3. The predicted molar refractivity (Wildman–Crippen MR) is 156 cm³/mol. The van der Waals surface area contributed by atoms with Crippen LogP contribution in [0.5, 0.6) is 11.8 Å². The molecule has 0 aliphatic carbocycles. The first kappa shape index (κ1) is 27.1. The summed E-state index contributed by atoms with van der Waals surface area (Å²) < 4.78 is 21.2. The van der Waals surface area contributed by atoms with Crippen molar-refractivity contribution in [2.45, 2.75) is 27.2 Å². The number of carbonyl (C=O) groups excluding carboxylic acids is 1. The third kappa shape index (κ3) is 5.33. The highest BCUT2D eigenvalue weighted by atomic mass is 35.5. The molecule has 2 aromatic heterocycles. The van der Waals surface area contributed by atoms with E-state index in [1.54, 1.807) is 60.7 Å². The molecule has 8 nitrogen and oxygen atoms in total. The fourth-order valence-corrected chi connectivity index (χ4v) is 4.99. The average molecular weight is 559 g/mol. The number of halogens is 2. The van der Waals surface area contributed by atoms with Gasteiger partial charge in [-0.1, -0.05) is 17.7 Å². The Bertz CT molecular complexity index is 1660. The van der Waals surface area contributed by atoms with Crippen LogP contribution in [-0.2, 0) is 4.79 Å². The van der Waals surface area contributed by atoms with Gasteiger partial charge in [-0.15, -0.1) is 0 Å². The van der Waals surface area contributed by atoms with E-state index in [2.05, 4.69) is 19.9 Å². The number of rotatable bonds is 6. The number of hydrogen-bond donors (Lipinski definition) is 1. The van der Waals surface area contributed by atoms with E-state index in [0.717, 1.165) is 11.4 Å². The molecule has 5 rings (SSSR count). The Morgan fingerprint density at radius 3 is 2.58 bits per heavy atom. The molecule has 0 atom stereocenters. The van der Waals surface area contributed by atoms with Gasteiger partial charge in [0.25, 0.3) is 0 Å². The molecule has 10 heteroatoms. The zero-order chi connectivity index (χ0) is 28.4. The molecule has 1 aliphatic heterocycles. The van der Waals surface area contributed by atoms with E-state index in [-0.39, 0.29) is 11.9 Å². The molecule has 0 spiro atoms. The van der Waals surface area contributed by atoms with Crippen molar-refractivity contribution in [3.8, 4) is 22.9 Å². The van der Waals surface area contributed by atoms with Crippen LogP contribution in [0.15, 0.2) is 78.5 Å². The smallest absolute Gasteiger partial charge is 0.321 e. The van der Waals surface area contributed by atoms with Crippen molar-refractivity contribution in [1.82, 2.24) is 19.9 Å². The number of pyridine rings is 1. The first-order chi connectivity index (χ1) is 19.3. The summed E-state index contributed by atoms with van der Waals surface area (Å²) in [7, 11) is 0. The lowest BCUT2D eigenvalue weighted by Gasteiger charge is -2.35. The van der Waals surface area contributed by atoms with Gasteiger partial charge in [0.15, 0.2) is 0 Å². The van der Waals surface area contributed by atoms with Gasteiger partial charge in [-0.2, -0.15) is 0 Å². The molecule has 0 unspecified atom stereocenters. The van der Waals surface area contributed by atoms with Crippen molar-refractivity contribution in [3.05, 3.63) is 89.4 Å². The van der Waals surface area contributed by atoms with Crippen molar-refractivity contribution >= 4 is 39.8 Å². The molecule has 0 saturated heterocycles. The SMILES string of the molecule is C/C=C(\C)N(C1=CCN(C(C)=O)CC1)c1c(N)cnc2cc(F)c(-c3ccc(Oc4ncccn4)cc3Cl)cc12. The molecule has 4 aromatic rings. The quantitative estimate of drug-likeness (QED) is 0.280. The van der Waals surface area contributed by atoms with E-state index in [0.29, 0.717) is 63.7 Å². The summed E-state index contributed by atoms with van der Waals surface area (Å²) in [5.41, 5.74) is 10.9. The molecule has 1 amide bonds. The number of nitrogens with zero attached hydrogens (tertiary/aromatic N) is 5. The molecule has 3 heterocycles. The summed E-state index contributed by atoms with van der Waals surface area (Å²) in [6.07, 6.45) is 9.34. The monoisotopic (exact) mass is 558 g/mol. The highest BCUT2D eigenvalue weighted by molar-refractivity contribution is 6.33. The number of anilines is 2. The molecular formula is C30H28ClFN6O2. The van der Waals surface area contributed by atoms with Crippen molar-refractivity contribution in [2.75, 3.05) is 23.7 Å². The number of nitrogen functional groups attached to an aromatic ring is 1. The largest absolute Gasteiger partial charge is 0.424 e. The minimum absolute atomic E-state index is 0.0307. The maximum Gasteiger partial charge on any atom is 0.321 e. The van der Waals surface area contributed by atoms with Gasteiger partial charge in [0, 0.05) is 78.9 Å². The molecule has 0 bridgehead atoms. The summed E-state index contributed by atoms with van der Waals surface area (Å²) in [6.45, 7) is 6.59. The van der Waals surface area contributed by atoms with Crippen molar-refractivity contribution in [2.24, 2.45) is 0 Å². The number of fused-ring (bicyclic) bond motifs is 1. The molecule has 2 aromatic carbocycles. The second kappa shape index (κ2) is 11.3. The maximum absolute atomic E-state index is 15.5. The molecule has 40 heavy (non-hydrogen) atoms. The average Bonchev–Trinajstić information content (AvgIpc) is 2.95. The number of benzene rings is 2. The highest BCUT2D eigenvalue weighted by Gasteiger charge is 2.25. The van der Waals surface area contributed by atoms with Crippen LogP contribution in [0.25, 0.3) is 22.0 Å². The summed E-state index contributed by atoms with van der Waals surface area (Å²) >= 11 is 6.63. The molecule has 0 fully saturated rings. The van der Waals surface area contributed by atoms with Crippen LogP contribution >= 0.6 is 11.6 Å². The van der Waals surface area contributed by atoms with Crippen molar-refractivity contribution < 1.29 is 13.9 Å². The molecular weight excluding hydrogens is 531 g/mol. The van der Waals surface area contributed by atoms with E-state index < -0.39 is 5.82 Å². The van der Waals surface area contributed by atoms with Crippen molar-refractivity contribution in [1.29, 1.82) is 0 Å². The van der Waals surface area contributed by atoms with Gasteiger partial charge in [0.1, 0.15) is 11.6 Å². The first-order valence-corrected chi connectivity index (χ1v) is 13.1. The van der Waals surface area contributed by atoms with Crippen LogP contribution in [0, 0.1) is 5.82 Å². The number of allylic oxidation sites excluding steroid dienone is 2. The zero-order valence-corrected chi connectivity index (χ0v) is 23.1. The highest BCUT2D eigenvalue weighted by Crippen LogP contribution is 2.41. The van der Waals surface area contributed by atoms with Crippen LogP contribution in [0.4, 0.5) is 15.8 Å². The number of nitrogens with two attached hydrogens (primary N) is 1. The maximum atomic E-state index is 15.5. The van der Waals surface area contributed by atoms with E-state index >= 15 is 4.39 Å². The van der Waals surface area contributed by atoms with Crippen LogP contribution in [0.3, 0.4) is 0 Å². The van der Waals surface area contributed by atoms with Crippen molar-refractivity contribution in [3.63, 3.8) is 0 Å². The normalized spacial score (nSPS) is 13.8. The Morgan fingerprint density at radius 2 is 1.93 bits per heavy atom. The van der Waals surface area contributed by atoms with Crippen LogP contribution in [0.1, 0.15) is 27.2 Å². The Balaban J connectivity index is 1.61. The van der Waals surface area contributed by atoms with Gasteiger partial charge in [-0.3, -0.25) is 9.78 Å². The van der Waals surface area contributed by atoms with Crippen LogP contribution in [-0.4, -0.2) is 38.8 Å². The number of amides is 1.